The summed E-state index contributed by atoms with van der Waals surface area (Å²) in [4.78, 5) is 22.5. The van der Waals surface area contributed by atoms with Gasteiger partial charge in [0.05, 0.1) is 5.52 Å². The van der Waals surface area contributed by atoms with E-state index in [1.54, 1.807) is 6.07 Å². The molecule has 2 aromatic rings. The lowest BCUT2D eigenvalue weighted by Crippen LogP contribution is -2.30. The van der Waals surface area contributed by atoms with Gasteiger partial charge in [-0.15, -0.1) is 0 Å². The fourth-order valence-corrected chi connectivity index (χ4v) is 1.60. The maximum Gasteiger partial charge on any atom is 0.473 e. The monoisotopic (exact) mass is 256 g/mol. The van der Waals surface area contributed by atoms with E-state index in [1.807, 2.05) is 0 Å². The molecule has 0 aliphatic carbocycles. The Morgan fingerprint density at radius 1 is 1.22 bits per heavy atom. The van der Waals surface area contributed by atoms with Crippen LogP contribution in [0.15, 0.2) is 24.3 Å². The molecule has 0 spiro atoms. The van der Waals surface area contributed by atoms with Crippen molar-refractivity contribution in [2.75, 3.05) is 0 Å². The van der Waals surface area contributed by atoms with Crippen LogP contribution in [0.3, 0.4) is 0 Å². The Balaban J connectivity index is 2.73. The third-order valence-corrected chi connectivity index (χ3v) is 2.36. The molecule has 1 aromatic carbocycles. The Labute approximate surface area is 99.0 Å². The van der Waals surface area contributed by atoms with Crippen LogP contribution in [0.4, 0.5) is 13.2 Å². The zero-order valence-electron chi connectivity index (χ0n) is 9.15. The number of carbonyl (C=O) groups excluding carboxylic acids is 2. The predicted molar refractivity (Wildman–Crippen MR) is 56.4 cm³/mol. The first-order chi connectivity index (χ1) is 8.32. The lowest BCUT2D eigenvalue weighted by molar-refractivity contribution is -0.0952. The van der Waals surface area contributed by atoms with Crippen LogP contribution in [-0.2, 0) is 0 Å². The highest BCUT2D eigenvalue weighted by Gasteiger charge is 2.41. The molecule has 0 radical (unpaired) electrons. The van der Waals surface area contributed by atoms with E-state index in [9.17, 15) is 22.8 Å². The normalized spacial score (nSPS) is 11.8. The molecule has 0 unspecified atom stereocenters. The molecule has 18 heavy (non-hydrogen) atoms. The molecule has 0 aliphatic rings. The average molecular weight is 256 g/mol. The van der Waals surface area contributed by atoms with Gasteiger partial charge < -0.3 is 0 Å². The van der Waals surface area contributed by atoms with Crippen molar-refractivity contribution in [3.63, 3.8) is 0 Å². The minimum absolute atomic E-state index is 0.0370. The van der Waals surface area contributed by atoms with Gasteiger partial charge in [0.2, 0.25) is 0 Å². The zero-order chi connectivity index (χ0) is 13.5. The Morgan fingerprint density at radius 3 is 2.39 bits per heavy atom. The van der Waals surface area contributed by atoms with E-state index in [4.69, 9.17) is 0 Å². The molecule has 94 valence electrons. The van der Waals surface area contributed by atoms with Gasteiger partial charge in [0.25, 0.3) is 0 Å². The molecule has 2 rings (SSSR count). The minimum atomic E-state index is -5.04. The van der Waals surface area contributed by atoms with Crippen molar-refractivity contribution in [2.24, 2.45) is 0 Å². The van der Waals surface area contributed by atoms with E-state index in [-0.39, 0.29) is 21.3 Å². The highest BCUT2D eigenvalue weighted by atomic mass is 19.4. The molecule has 0 saturated carbocycles. The smallest absolute Gasteiger partial charge is 0.293 e. The number of ketones is 1. The highest BCUT2D eigenvalue weighted by Crippen LogP contribution is 2.23. The van der Waals surface area contributed by atoms with Gasteiger partial charge in [-0.05, 0) is 6.07 Å². The predicted octanol–water partition coefficient (Wildman–Crippen LogP) is 2.44. The summed E-state index contributed by atoms with van der Waals surface area (Å²) in [7, 11) is 0. The molecule has 0 saturated heterocycles. The van der Waals surface area contributed by atoms with Gasteiger partial charge in [0, 0.05) is 12.3 Å². The quantitative estimate of drug-likeness (QED) is 0.736. The third kappa shape index (κ3) is 1.87. The molecule has 1 aromatic heterocycles. The first-order valence-electron chi connectivity index (χ1n) is 4.92. The molecular weight excluding hydrogens is 249 g/mol. The van der Waals surface area contributed by atoms with E-state index in [1.165, 1.54) is 25.1 Å². The second-order valence-electron chi connectivity index (χ2n) is 3.64. The highest BCUT2D eigenvalue weighted by molar-refractivity contribution is 6.07. The molecule has 1 heterocycles. The summed E-state index contributed by atoms with van der Waals surface area (Å²) in [6, 6.07) is 5.77. The molecule has 0 bridgehead atoms. The number of nitrogens with zero attached hydrogens (tertiary/aromatic N) is 2. The van der Waals surface area contributed by atoms with Crippen LogP contribution < -0.4 is 0 Å². The number of Topliss-reactive ketones (excluding diaryl/α,β-unsaturated/α-hetero) is 1. The number of alkyl halides is 3. The van der Waals surface area contributed by atoms with E-state index < -0.39 is 17.9 Å². The fourth-order valence-electron chi connectivity index (χ4n) is 1.60. The molecule has 4 nitrogen and oxygen atoms in total. The van der Waals surface area contributed by atoms with E-state index in [2.05, 4.69) is 5.10 Å². The van der Waals surface area contributed by atoms with Crippen molar-refractivity contribution in [1.29, 1.82) is 0 Å². The Morgan fingerprint density at radius 2 is 1.83 bits per heavy atom. The summed E-state index contributed by atoms with van der Waals surface area (Å²) in [5.41, 5.74) is -0.187. The molecule has 0 amide bonds. The first-order valence-corrected chi connectivity index (χ1v) is 4.92. The second-order valence-corrected chi connectivity index (χ2v) is 3.64. The largest absolute Gasteiger partial charge is 0.473 e. The molecule has 0 N–H and O–H groups in total. The van der Waals surface area contributed by atoms with Crippen LogP contribution in [-0.4, -0.2) is 27.6 Å². The number of rotatable bonds is 1. The van der Waals surface area contributed by atoms with Gasteiger partial charge in [-0.25, -0.2) is 0 Å². The number of aromatic nitrogens is 2. The van der Waals surface area contributed by atoms with Gasteiger partial charge >= 0.3 is 12.1 Å². The van der Waals surface area contributed by atoms with E-state index in [0.717, 1.165) is 0 Å². The van der Waals surface area contributed by atoms with E-state index in [0.29, 0.717) is 0 Å². The van der Waals surface area contributed by atoms with Crippen LogP contribution in [0.2, 0.25) is 0 Å². The van der Waals surface area contributed by atoms with Crippen molar-refractivity contribution in [3.05, 3.63) is 30.0 Å². The van der Waals surface area contributed by atoms with Crippen LogP contribution in [0, 0.1) is 0 Å². The molecule has 7 heteroatoms. The standard InChI is InChI=1S/C11H7F3N2O2/c1-6(17)9-7-4-2-3-5-8(7)16(15-9)10(18)11(12,13)14/h2-5H,1H3. The van der Waals surface area contributed by atoms with Crippen LogP contribution in [0.5, 0.6) is 0 Å². The number of fused-ring (bicyclic) bond motifs is 1. The SMILES string of the molecule is CC(=O)c1nn(C(=O)C(F)(F)F)c2ccccc12. The second kappa shape index (κ2) is 3.94. The number of para-hydroxylation sites is 1. The number of halogens is 3. The summed E-state index contributed by atoms with van der Waals surface area (Å²) in [5, 5.41) is 3.68. The number of benzene rings is 1. The van der Waals surface area contributed by atoms with Crippen LogP contribution in [0.1, 0.15) is 22.2 Å². The Bertz CT molecular complexity index is 643. The molecule has 0 fully saturated rings. The van der Waals surface area contributed by atoms with Crippen molar-refractivity contribution in [3.8, 4) is 0 Å². The molecule has 0 atom stereocenters. The number of hydrogen-bond acceptors (Lipinski definition) is 3. The lowest BCUT2D eigenvalue weighted by atomic mass is 10.2. The maximum absolute atomic E-state index is 12.4. The topological polar surface area (TPSA) is 52.0 Å². The Kier molecular flexibility index (Phi) is 2.68. The van der Waals surface area contributed by atoms with E-state index >= 15 is 0 Å². The van der Waals surface area contributed by atoms with Crippen LogP contribution >= 0.6 is 0 Å². The van der Waals surface area contributed by atoms with Crippen molar-refractivity contribution in [1.82, 2.24) is 9.78 Å². The minimum Gasteiger partial charge on any atom is -0.293 e. The van der Waals surface area contributed by atoms with Gasteiger partial charge in [-0.1, -0.05) is 18.2 Å². The summed E-state index contributed by atoms with van der Waals surface area (Å²) in [6.07, 6.45) is -5.04. The first kappa shape index (κ1) is 12.3. The number of carbonyl (C=O) groups is 2. The van der Waals surface area contributed by atoms with Gasteiger partial charge in [-0.3, -0.25) is 9.59 Å². The van der Waals surface area contributed by atoms with Crippen molar-refractivity contribution >= 4 is 22.6 Å². The summed E-state index contributed by atoms with van der Waals surface area (Å²) in [6.45, 7) is 1.18. The Hall–Kier alpha value is -2.18. The number of hydrogen-bond donors (Lipinski definition) is 0. The van der Waals surface area contributed by atoms with Gasteiger partial charge in [0.15, 0.2) is 5.78 Å². The summed E-state index contributed by atoms with van der Waals surface area (Å²) in [5.74, 6) is -2.62. The third-order valence-electron chi connectivity index (χ3n) is 2.36. The van der Waals surface area contributed by atoms with Crippen LogP contribution in [0.25, 0.3) is 10.9 Å². The van der Waals surface area contributed by atoms with Gasteiger partial charge in [0.1, 0.15) is 5.69 Å². The summed E-state index contributed by atoms with van der Waals surface area (Å²) >= 11 is 0. The maximum atomic E-state index is 12.4. The lowest BCUT2D eigenvalue weighted by Gasteiger charge is -2.04. The van der Waals surface area contributed by atoms with Gasteiger partial charge in [-0.2, -0.15) is 23.0 Å². The van der Waals surface area contributed by atoms with Crippen molar-refractivity contribution in [2.45, 2.75) is 13.1 Å². The summed E-state index contributed by atoms with van der Waals surface area (Å²) < 4.78 is 37.3. The molecular formula is C11H7F3N2O2. The average Bonchev–Trinajstić information content (AvgIpc) is 2.66. The fraction of sp³-hybridized carbons (Fsp3) is 0.182. The zero-order valence-corrected chi connectivity index (χ0v) is 9.15. The van der Waals surface area contributed by atoms with Crippen molar-refractivity contribution < 1.29 is 22.8 Å². The molecule has 0 aliphatic heterocycles.